The van der Waals surface area contributed by atoms with Crippen molar-refractivity contribution in [2.75, 3.05) is 39.0 Å². The molecule has 4 rings (SSSR count). The lowest BCUT2D eigenvalue weighted by atomic mass is 10.1. The van der Waals surface area contributed by atoms with Gasteiger partial charge in [0.15, 0.2) is 9.84 Å². The predicted molar refractivity (Wildman–Crippen MR) is 154 cm³/mol. The first-order valence-corrected chi connectivity index (χ1v) is 14.6. The Morgan fingerprint density at radius 2 is 1.63 bits per heavy atom. The van der Waals surface area contributed by atoms with Gasteiger partial charge in [0.1, 0.15) is 0 Å². The molecule has 2 aromatic rings. The van der Waals surface area contributed by atoms with E-state index in [-0.39, 0.29) is 48.7 Å². The van der Waals surface area contributed by atoms with Gasteiger partial charge in [0.2, 0.25) is 5.91 Å². The highest BCUT2D eigenvalue weighted by atomic mass is 35.5. The maximum Gasteiger partial charge on any atom is 0.254 e. The van der Waals surface area contributed by atoms with E-state index in [0.717, 1.165) is 37.9 Å². The minimum absolute atomic E-state index is 0. The van der Waals surface area contributed by atoms with Crippen molar-refractivity contribution in [1.29, 1.82) is 0 Å². The number of nitrogens with one attached hydrogen (secondary N) is 2. The van der Waals surface area contributed by atoms with E-state index in [2.05, 4.69) is 15.5 Å². The van der Waals surface area contributed by atoms with Crippen molar-refractivity contribution in [3.63, 3.8) is 0 Å². The van der Waals surface area contributed by atoms with Crippen molar-refractivity contribution in [2.45, 2.75) is 49.2 Å². The van der Waals surface area contributed by atoms with Crippen molar-refractivity contribution in [3.8, 4) is 0 Å². The number of nitrogens with zero attached hydrogens (tertiary/aromatic N) is 2. The SMILES string of the molecule is CS(=O)(=O)c1ccc(CN2CCCCNC(=O)[C@@H]3C[C@@H](CN3)N(C(=O)c3ccccc3)CCC2)cc1.Cl.Cl. The highest BCUT2D eigenvalue weighted by Gasteiger charge is 2.35. The van der Waals surface area contributed by atoms with Gasteiger partial charge in [0, 0.05) is 50.6 Å². The van der Waals surface area contributed by atoms with Gasteiger partial charge in [-0.1, -0.05) is 30.3 Å². The molecule has 38 heavy (non-hydrogen) atoms. The molecule has 210 valence electrons. The van der Waals surface area contributed by atoms with Crippen LogP contribution in [0.4, 0.5) is 0 Å². The van der Waals surface area contributed by atoms with E-state index in [1.54, 1.807) is 12.1 Å². The summed E-state index contributed by atoms with van der Waals surface area (Å²) in [4.78, 5) is 30.7. The topological polar surface area (TPSA) is 98.8 Å². The van der Waals surface area contributed by atoms with Gasteiger partial charge in [-0.25, -0.2) is 8.42 Å². The van der Waals surface area contributed by atoms with Crippen LogP contribution in [0.25, 0.3) is 0 Å². The van der Waals surface area contributed by atoms with Gasteiger partial charge < -0.3 is 15.5 Å². The summed E-state index contributed by atoms with van der Waals surface area (Å²) in [6, 6.07) is 16.1. The number of fused-ring (bicyclic) bond motifs is 2. The minimum Gasteiger partial charge on any atom is -0.355 e. The molecule has 11 heteroatoms. The number of hydrogen-bond donors (Lipinski definition) is 2. The molecule has 0 saturated carbocycles. The molecule has 2 aliphatic heterocycles. The fourth-order valence-corrected chi connectivity index (χ4v) is 5.61. The number of carbonyl (C=O) groups is 2. The number of rotatable bonds is 4. The summed E-state index contributed by atoms with van der Waals surface area (Å²) in [5, 5.41) is 6.35. The first-order chi connectivity index (χ1) is 17.3. The van der Waals surface area contributed by atoms with Crippen LogP contribution >= 0.6 is 24.8 Å². The second-order valence-electron chi connectivity index (χ2n) is 9.76. The van der Waals surface area contributed by atoms with Gasteiger partial charge >= 0.3 is 0 Å². The van der Waals surface area contributed by atoms with Crippen molar-refractivity contribution in [1.82, 2.24) is 20.4 Å². The third-order valence-corrected chi connectivity index (χ3v) is 8.11. The zero-order chi connectivity index (χ0) is 25.5. The molecule has 2 aliphatic rings. The Hall–Kier alpha value is -2.17. The van der Waals surface area contributed by atoms with Crippen molar-refractivity contribution in [2.24, 2.45) is 0 Å². The summed E-state index contributed by atoms with van der Waals surface area (Å²) in [5.41, 5.74) is 1.71. The Labute approximate surface area is 238 Å². The zero-order valence-corrected chi connectivity index (χ0v) is 24.1. The molecule has 2 N–H and O–H groups in total. The van der Waals surface area contributed by atoms with Crippen LogP contribution in [-0.2, 0) is 21.2 Å². The van der Waals surface area contributed by atoms with E-state index < -0.39 is 9.84 Å². The largest absolute Gasteiger partial charge is 0.355 e. The summed E-state index contributed by atoms with van der Waals surface area (Å²) in [7, 11) is -3.22. The third kappa shape index (κ3) is 8.68. The molecule has 0 aliphatic carbocycles. The first-order valence-electron chi connectivity index (χ1n) is 12.7. The summed E-state index contributed by atoms with van der Waals surface area (Å²) in [5.74, 6) is 0.00274. The van der Waals surface area contributed by atoms with Crippen molar-refractivity contribution in [3.05, 3.63) is 65.7 Å². The number of sulfone groups is 1. The molecule has 0 unspecified atom stereocenters. The van der Waals surface area contributed by atoms with Crippen LogP contribution in [-0.4, -0.2) is 81.1 Å². The second kappa shape index (κ2) is 14.8. The molecule has 2 saturated heterocycles. The van der Waals surface area contributed by atoms with Crippen molar-refractivity contribution >= 4 is 46.5 Å². The van der Waals surface area contributed by atoms with Gasteiger partial charge in [-0.2, -0.15) is 0 Å². The van der Waals surface area contributed by atoms with Crippen LogP contribution < -0.4 is 10.6 Å². The molecule has 8 nitrogen and oxygen atoms in total. The number of halogens is 2. The van der Waals surface area contributed by atoms with Crippen LogP contribution in [0.15, 0.2) is 59.5 Å². The van der Waals surface area contributed by atoms with E-state index in [0.29, 0.717) is 43.1 Å². The quantitative estimate of drug-likeness (QED) is 0.573. The molecule has 2 aromatic carbocycles. The maximum atomic E-state index is 13.4. The fourth-order valence-electron chi connectivity index (χ4n) is 4.98. The summed E-state index contributed by atoms with van der Waals surface area (Å²) in [6.45, 7) is 4.23. The maximum absolute atomic E-state index is 13.4. The number of benzene rings is 2. The average molecular weight is 586 g/mol. The number of carbonyl (C=O) groups excluding carboxylic acids is 2. The molecule has 0 radical (unpaired) electrons. The van der Waals surface area contributed by atoms with Gasteiger partial charge in [-0.15, -0.1) is 24.8 Å². The summed E-state index contributed by atoms with van der Waals surface area (Å²) >= 11 is 0. The standard InChI is InChI=1S/C27H36N4O4S.2ClH/c1-36(34,35)24-12-10-21(11-13-24)20-30-15-6-5-14-28-26(32)25-18-23(19-29-25)31(17-7-16-30)27(33)22-8-3-2-4-9-22;;/h2-4,8-13,23,25,29H,5-7,14-20H2,1H3,(H,28,32);2*1H/t23-,25-;;/m0../s1. The van der Waals surface area contributed by atoms with Gasteiger partial charge in [-0.05, 0) is 62.1 Å². The molecule has 0 aromatic heterocycles. The van der Waals surface area contributed by atoms with E-state index >= 15 is 0 Å². The van der Waals surface area contributed by atoms with Crippen LogP contribution in [0.5, 0.6) is 0 Å². The fraction of sp³-hybridized carbons (Fsp3) is 0.481. The molecule has 2 bridgehead atoms. The molecule has 2 fully saturated rings. The minimum atomic E-state index is -3.22. The highest BCUT2D eigenvalue weighted by Crippen LogP contribution is 2.19. The highest BCUT2D eigenvalue weighted by molar-refractivity contribution is 7.90. The van der Waals surface area contributed by atoms with Crippen LogP contribution in [0.3, 0.4) is 0 Å². The predicted octanol–water partition coefficient (Wildman–Crippen LogP) is 2.91. The van der Waals surface area contributed by atoms with Gasteiger partial charge in [-0.3, -0.25) is 14.5 Å². The summed E-state index contributed by atoms with van der Waals surface area (Å²) < 4.78 is 23.6. The Morgan fingerprint density at radius 1 is 0.947 bits per heavy atom. The Morgan fingerprint density at radius 3 is 2.32 bits per heavy atom. The Bertz CT molecular complexity index is 1150. The Balaban J connectivity index is 0.00000253. The normalized spacial score (nSPS) is 21.4. The lowest BCUT2D eigenvalue weighted by Gasteiger charge is -2.31. The smallest absolute Gasteiger partial charge is 0.254 e. The van der Waals surface area contributed by atoms with Gasteiger partial charge in [0.05, 0.1) is 10.9 Å². The third-order valence-electron chi connectivity index (χ3n) is 6.98. The Kier molecular flexibility index (Phi) is 12.5. The molecule has 0 spiro atoms. The number of amides is 2. The number of hydrogen-bond acceptors (Lipinski definition) is 6. The molecular formula is C27H38Cl2N4O4S. The van der Waals surface area contributed by atoms with Gasteiger partial charge in [0.25, 0.3) is 5.91 Å². The molecular weight excluding hydrogens is 547 g/mol. The van der Waals surface area contributed by atoms with Crippen LogP contribution in [0.1, 0.15) is 41.6 Å². The van der Waals surface area contributed by atoms with E-state index in [9.17, 15) is 18.0 Å². The zero-order valence-electron chi connectivity index (χ0n) is 21.7. The average Bonchev–Trinajstić information content (AvgIpc) is 3.35. The first kappa shape index (κ1) is 32.0. The second-order valence-corrected chi connectivity index (χ2v) is 11.8. The molecule has 2 heterocycles. The monoisotopic (exact) mass is 584 g/mol. The van der Waals surface area contributed by atoms with E-state index in [1.165, 1.54) is 6.26 Å². The van der Waals surface area contributed by atoms with Crippen molar-refractivity contribution < 1.29 is 18.0 Å². The van der Waals surface area contributed by atoms with E-state index in [1.807, 2.05) is 47.4 Å². The van der Waals surface area contributed by atoms with Crippen LogP contribution in [0.2, 0.25) is 0 Å². The lowest BCUT2D eigenvalue weighted by Crippen LogP contribution is -2.43. The molecule has 2 atom stereocenters. The summed E-state index contributed by atoms with van der Waals surface area (Å²) in [6.07, 6.45) is 4.47. The lowest BCUT2D eigenvalue weighted by molar-refractivity contribution is -0.122. The van der Waals surface area contributed by atoms with Crippen LogP contribution in [0, 0.1) is 0 Å². The molecule has 2 amide bonds. The van der Waals surface area contributed by atoms with E-state index in [4.69, 9.17) is 0 Å².